The lowest BCUT2D eigenvalue weighted by Crippen LogP contribution is -2.50. The van der Waals surface area contributed by atoms with Crippen LogP contribution in [0.1, 0.15) is 45.6 Å². The van der Waals surface area contributed by atoms with Crippen molar-refractivity contribution >= 4 is 18.0 Å². The molecule has 0 aliphatic carbocycles. The number of nitrogens with zero attached hydrogens (tertiary/aromatic N) is 2. The number of unbranched alkanes of at least 4 members (excludes halogenated alkanes) is 1. The van der Waals surface area contributed by atoms with E-state index >= 15 is 0 Å². The summed E-state index contributed by atoms with van der Waals surface area (Å²) in [6.07, 6.45) is 1.76. The zero-order chi connectivity index (χ0) is 24.5. The average Bonchev–Trinajstić information content (AvgIpc) is 2.65. The standard InChI is InChI=1S/C20H33N5O7/c1-13-11-24(18(30)23-16(13)27)12-15(26)25(14(17(28)29)7-5-6-8-21)10-9-22-19(31)32-20(2,3)4/h11,14H,5-10,12,21H2,1-4H3,(H,22,31)(H,28,29)(H,23,27,30)/t14-/m1/s1. The van der Waals surface area contributed by atoms with Gasteiger partial charge in [-0.2, -0.15) is 0 Å². The molecule has 0 aliphatic rings. The lowest BCUT2D eigenvalue weighted by Gasteiger charge is -2.30. The van der Waals surface area contributed by atoms with Gasteiger partial charge in [0.2, 0.25) is 5.91 Å². The first kappa shape index (κ1) is 26.9. The van der Waals surface area contributed by atoms with E-state index < -0.39 is 47.4 Å². The second kappa shape index (κ2) is 12.0. The lowest BCUT2D eigenvalue weighted by molar-refractivity contribution is -0.150. The molecule has 180 valence electrons. The van der Waals surface area contributed by atoms with Crippen molar-refractivity contribution in [3.8, 4) is 0 Å². The summed E-state index contributed by atoms with van der Waals surface area (Å²) in [6.45, 7) is 6.32. The molecule has 0 aromatic carbocycles. The van der Waals surface area contributed by atoms with E-state index in [0.717, 1.165) is 9.47 Å². The number of alkyl carbamates (subject to hydrolysis) is 1. The van der Waals surface area contributed by atoms with Crippen LogP contribution in [0, 0.1) is 6.92 Å². The van der Waals surface area contributed by atoms with E-state index in [1.807, 2.05) is 0 Å². The molecule has 5 N–H and O–H groups in total. The van der Waals surface area contributed by atoms with Gasteiger partial charge in [0.15, 0.2) is 0 Å². The summed E-state index contributed by atoms with van der Waals surface area (Å²) in [5, 5.41) is 12.2. The SMILES string of the molecule is Cc1cn(CC(=O)N(CCNC(=O)OC(C)(C)C)[C@H](CCCCN)C(=O)O)c(=O)[nH]c1=O. The van der Waals surface area contributed by atoms with E-state index in [-0.39, 0.29) is 25.1 Å². The monoisotopic (exact) mass is 455 g/mol. The number of carboxylic acid groups (broad SMARTS) is 1. The minimum absolute atomic E-state index is 0.0547. The minimum atomic E-state index is -1.21. The fourth-order valence-electron chi connectivity index (χ4n) is 2.91. The number of aromatic amines is 1. The maximum absolute atomic E-state index is 13.0. The van der Waals surface area contributed by atoms with E-state index in [4.69, 9.17) is 10.5 Å². The highest BCUT2D eigenvalue weighted by molar-refractivity contribution is 5.83. The van der Waals surface area contributed by atoms with Gasteiger partial charge in [-0.15, -0.1) is 0 Å². The summed E-state index contributed by atoms with van der Waals surface area (Å²) in [5.41, 5.74) is 3.65. The Labute approximate surface area is 185 Å². The Morgan fingerprint density at radius 2 is 1.94 bits per heavy atom. The average molecular weight is 456 g/mol. The Morgan fingerprint density at radius 1 is 1.28 bits per heavy atom. The molecule has 1 rings (SSSR count). The molecule has 0 fully saturated rings. The second-order valence-electron chi connectivity index (χ2n) is 8.35. The van der Waals surface area contributed by atoms with E-state index in [1.54, 1.807) is 20.8 Å². The highest BCUT2D eigenvalue weighted by Gasteiger charge is 2.29. The quantitative estimate of drug-likeness (QED) is 0.331. The third-order valence-electron chi connectivity index (χ3n) is 4.43. The Balaban J connectivity index is 3.04. The summed E-state index contributed by atoms with van der Waals surface area (Å²) >= 11 is 0. The number of ether oxygens (including phenoxy) is 1. The number of nitrogens with two attached hydrogens (primary N) is 1. The summed E-state index contributed by atoms with van der Waals surface area (Å²) in [4.78, 5) is 63.6. The van der Waals surface area contributed by atoms with Crippen LogP contribution >= 0.6 is 0 Å². The molecule has 1 aromatic rings. The van der Waals surface area contributed by atoms with Gasteiger partial charge in [-0.25, -0.2) is 14.4 Å². The van der Waals surface area contributed by atoms with Crippen LogP contribution in [0.25, 0.3) is 0 Å². The molecular weight excluding hydrogens is 422 g/mol. The Morgan fingerprint density at radius 3 is 2.50 bits per heavy atom. The number of nitrogens with one attached hydrogen (secondary N) is 2. The number of rotatable bonds is 11. The van der Waals surface area contributed by atoms with Crippen LogP contribution in [0.5, 0.6) is 0 Å². The van der Waals surface area contributed by atoms with Gasteiger partial charge in [-0.05, 0) is 53.5 Å². The molecular formula is C20H33N5O7. The van der Waals surface area contributed by atoms with Crippen LogP contribution < -0.4 is 22.3 Å². The van der Waals surface area contributed by atoms with Crippen LogP contribution in [0.3, 0.4) is 0 Å². The third kappa shape index (κ3) is 8.92. The van der Waals surface area contributed by atoms with Gasteiger partial charge in [-0.1, -0.05) is 0 Å². The number of carbonyl (C=O) groups excluding carboxylic acids is 2. The number of carboxylic acids is 1. The largest absolute Gasteiger partial charge is 0.480 e. The highest BCUT2D eigenvalue weighted by Crippen LogP contribution is 2.11. The van der Waals surface area contributed by atoms with Gasteiger partial charge in [0.05, 0.1) is 0 Å². The molecule has 0 aliphatic heterocycles. The first-order valence-electron chi connectivity index (χ1n) is 10.3. The molecule has 1 heterocycles. The fourth-order valence-corrected chi connectivity index (χ4v) is 2.91. The molecule has 0 radical (unpaired) electrons. The van der Waals surface area contributed by atoms with Crippen molar-refractivity contribution in [2.24, 2.45) is 5.73 Å². The molecule has 1 aromatic heterocycles. The van der Waals surface area contributed by atoms with Crippen molar-refractivity contribution in [1.82, 2.24) is 19.8 Å². The molecule has 12 nitrogen and oxygen atoms in total. The number of aromatic nitrogens is 2. The van der Waals surface area contributed by atoms with Gasteiger partial charge in [-0.3, -0.25) is 19.1 Å². The zero-order valence-corrected chi connectivity index (χ0v) is 19.0. The number of hydrogen-bond acceptors (Lipinski definition) is 7. The zero-order valence-electron chi connectivity index (χ0n) is 19.0. The smallest absolute Gasteiger partial charge is 0.407 e. The molecule has 0 bridgehead atoms. The van der Waals surface area contributed by atoms with Crippen molar-refractivity contribution < 1.29 is 24.2 Å². The van der Waals surface area contributed by atoms with Crippen molar-refractivity contribution in [2.45, 2.75) is 65.1 Å². The van der Waals surface area contributed by atoms with Crippen molar-refractivity contribution in [2.75, 3.05) is 19.6 Å². The van der Waals surface area contributed by atoms with Crippen molar-refractivity contribution in [3.05, 3.63) is 32.6 Å². The maximum atomic E-state index is 13.0. The maximum Gasteiger partial charge on any atom is 0.407 e. The van der Waals surface area contributed by atoms with Crippen molar-refractivity contribution in [3.63, 3.8) is 0 Å². The topological polar surface area (TPSA) is 177 Å². The van der Waals surface area contributed by atoms with E-state index in [2.05, 4.69) is 10.3 Å². The van der Waals surface area contributed by atoms with E-state index in [1.165, 1.54) is 13.1 Å². The summed E-state index contributed by atoms with van der Waals surface area (Å²) in [6, 6.07) is -1.17. The van der Waals surface area contributed by atoms with Crippen LogP contribution in [-0.4, -0.2) is 68.8 Å². The molecule has 2 amide bonds. The molecule has 1 atom stereocenters. The Kier molecular flexibility index (Phi) is 10.1. The number of aliphatic carboxylic acids is 1. The molecule has 0 unspecified atom stereocenters. The number of carbonyl (C=O) groups is 3. The Bertz CT molecular complexity index is 916. The fraction of sp³-hybridized carbons (Fsp3) is 0.650. The van der Waals surface area contributed by atoms with Gasteiger partial charge in [0.25, 0.3) is 5.56 Å². The minimum Gasteiger partial charge on any atom is -0.480 e. The van der Waals surface area contributed by atoms with Gasteiger partial charge in [0, 0.05) is 24.8 Å². The van der Waals surface area contributed by atoms with Crippen LogP contribution in [0.15, 0.2) is 15.8 Å². The van der Waals surface area contributed by atoms with Crippen LogP contribution in [0.4, 0.5) is 4.79 Å². The lowest BCUT2D eigenvalue weighted by atomic mass is 10.1. The van der Waals surface area contributed by atoms with Gasteiger partial charge < -0.3 is 25.8 Å². The number of hydrogen-bond donors (Lipinski definition) is 4. The summed E-state index contributed by atoms with van der Waals surface area (Å²) in [7, 11) is 0. The molecule has 12 heteroatoms. The molecule has 32 heavy (non-hydrogen) atoms. The Hall–Kier alpha value is -3.15. The number of H-pyrrole nitrogens is 1. The molecule has 0 saturated heterocycles. The van der Waals surface area contributed by atoms with Gasteiger partial charge in [0.1, 0.15) is 18.2 Å². The third-order valence-corrected chi connectivity index (χ3v) is 4.43. The normalized spacial score (nSPS) is 12.2. The first-order valence-corrected chi connectivity index (χ1v) is 10.3. The molecule has 0 saturated carbocycles. The van der Waals surface area contributed by atoms with Crippen LogP contribution in [-0.2, 0) is 20.9 Å². The number of aryl methyl sites for hydroxylation is 1. The second-order valence-corrected chi connectivity index (χ2v) is 8.35. The first-order chi connectivity index (χ1) is 14.9. The predicted octanol–water partition coefficient (Wildman–Crippen LogP) is -0.219. The van der Waals surface area contributed by atoms with Crippen molar-refractivity contribution in [1.29, 1.82) is 0 Å². The van der Waals surface area contributed by atoms with Crippen LogP contribution in [0.2, 0.25) is 0 Å². The highest BCUT2D eigenvalue weighted by atomic mass is 16.6. The summed E-state index contributed by atoms with van der Waals surface area (Å²) < 4.78 is 6.15. The van der Waals surface area contributed by atoms with E-state index in [9.17, 15) is 29.1 Å². The number of amides is 2. The predicted molar refractivity (Wildman–Crippen MR) is 116 cm³/mol. The summed E-state index contributed by atoms with van der Waals surface area (Å²) in [5.74, 6) is -1.86. The van der Waals surface area contributed by atoms with Gasteiger partial charge >= 0.3 is 17.8 Å². The molecule has 0 spiro atoms. The van der Waals surface area contributed by atoms with E-state index in [0.29, 0.717) is 19.4 Å².